The number of fused-ring (bicyclic) bond motifs is 2. The van der Waals surface area contributed by atoms with Crippen molar-refractivity contribution in [3.05, 3.63) is 83.2 Å². The summed E-state index contributed by atoms with van der Waals surface area (Å²) >= 11 is 6.74. The third kappa shape index (κ3) is 6.65. The summed E-state index contributed by atoms with van der Waals surface area (Å²) in [6.07, 6.45) is 4.71. The summed E-state index contributed by atoms with van der Waals surface area (Å²) in [5, 5.41) is 12.7. The molecule has 2 atom stereocenters. The number of likely N-dealkylation sites (N-methyl/N-ethyl adjacent to an activating group) is 1. The minimum Gasteiger partial charge on any atom is -0.481 e. The lowest BCUT2D eigenvalue weighted by Gasteiger charge is -2.42. The normalized spacial score (nSPS) is 19.3. The molecule has 3 aliphatic rings. The number of methoxy groups -OCH3 is 1. The standard InChI is InChI=1S/C38H41ClN8O3/c1-25(27-12-13-34(49-3)41-21-27)37(48)47-20-19-46(22-28(47)14-16-40)36-30-15-18-45(33-11-5-8-26-7-4-10-31(39)35(26)33)23-32(30)42-38(43-36)50-24-29-9-6-17-44(29)2/h4-5,7-8,10-13,21,28-29H,1,6,9,14-15,17-20,22-24H2,2-3H3/t28-,29-/m0/s1. The van der Waals surface area contributed by atoms with Gasteiger partial charge >= 0.3 is 6.01 Å². The quantitative estimate of drug-likeness (QED) is 0.213. The van der Waals surface area contributed by atoms with Gasteiger partial charge in [0.15, 0.2) is 0 Å². The fourth-order valence-corrected chi connectivity index (χ4v) is 7.67. The van der Waals surface area contributed by atoms with Crippen molar-refractivity contribution in [1.82, 2.24) is 24.8 Å². The van der Waals surface area contributed by atoms with Gasteiger partial charge in [0.1, 0.15) is 12.4 Å². The Balaban J connectivity index is 1.18. The van der Waals surface area contributed by atoms with Crippen LogP contribution in [0.5, 0.6) is 11.9 Å². The molecule has 1 amide bonds. The van der Waals surface area contributed by atoms with E-state index in [1.807, 2.05) is 12.1 Å². The maximum absolute atomic E-state index is 13.8. The monoisotopic (exact) mass is 692 g/mol. The number of benzene rings is 2. The fraction of sp³-hybridized carbons (Fsp3) is 0.395. The number of hydrogen-bond donors (Lipinski definition) is 0. The summed E-state index contributed by atoms with van der Waals surface area (Å²) < 4.78 is 11.5. The zero-order valence-corrected chi connectivity index (χ0v) is 29.3. The molecule has 2 fully saturated rings. The summed E-state index contributed by atoms with van der Waals surface area (Å²) in [5.41, 5.74) is 4.00. The Kier molecular flexibility index (Phi) is 9.74. The molecule has 258 valence electrons. The highest BCUT2D eigenvalue weighted by molar-refractivity contribution is 6.36. The summed E-state index contributed by atoms with van der Waals surface area (Å²) in [6, 6.07) is 18.4. The van der Waals surface area contributed by atoms with Crippen LogP contribution in [0, 0.1) is 11.3 Å². The van der Waals surface area contributed by atoms with Crippen molar-refractivity contribution >= 4 is 45.4 Å². The van der Waals surface area contributed by atoms with Crippen LogP contribution in [-0.2, 0) is 17.8 Å². The summed E-state index contributed by atoms with van der Waals surface area (Å²) in [4.78, 5) is 36.7. The minimum absolute atomic E-state index is 0.177. The smallest absolute Gasteiger partial charge is 0.318 e. The van der Waals surface area contributed by atoms with Crippen molar-refractivity contribution in [2.45, 2.75) is 44.3 Å². The molecule has 0 unspecified atom stereocenters. The lowest BCUT2D eigenvalue weighted by atomic mass is 10.0. The number of aromatic nitrogens is 3. The number of nitriles is 1. The van der Waals surface area contributed by atoms with Crippen LogP contribution in [0.3, 0.4) is 0 Å². The van der Waals surface area contributed by atoms with Crippen LogP contribution in [0.2, 0.25) is 5.02 Å². The number of likely N-dealkylation sites (tertiary alicyclic amines) is 1. The van der Waals surface area contributed by atoms with E-state index < -0.39 is 0 Å². The highest BCUT2D eigenvalue weighted by Gasteiger charge is 2.35. The van der Waals surface area contributed by atoms with Gasteiger partial charge in [-0.3, -0.25) is 4.79 Å². The van der Waals surface area contributed by atoms with E-state index in [0.29, 0.717) is 61.9 Å². The molecule has 0 N–H and O–H groups in total. The molecule has 3 aliphatic heterocycles. The molecule has 0 spiro atoms. The largest absolute Gasteiger partial charge is 0.481 e. The number of piperazine rings is 1. The highest BCUT2D eigenvalue weighted by Crippen LogP contribution is 2.37. The summed E-state index contributed by atoms with van der Waals surface area (Å²) in [7, 11) is 3.67. The molecule has 12 heteroatoms. The van der Waals surface area contributed by atoms with Gasteiger partial charge in [0, 0.05) is 72.3 Å². The van der Waals surface area contributed by atoms with Gasteiger partial charge in [-0.25, -0.2) is 4.98 Å². The molecule has 0 saturated carbocycles. The van der Waals surface area contributed by atoms with Crippen LogP contribution < -0.4 is 19.3 Å². The minimum atomic E-state index is -0.357. The molecule has 7 rings (SSSR count). The molecule has 0 aliphatic carbocycles. The molecule has 50 heavy (non-hydrogen) atoms. The van der Waals surface area contributed by atoms with Crippen LogP contribution >= 0.6 is 11.6 Å². The van der Waals surface area contributed by atoms with Crippen LogP contribution in [0.4, 0.5) is 11.5 Å². The number of carbonyl (C=O) groups is 1. The van der Waals surface area contributed by atoms with Gasteiger partial charge in [-0.15, -0.1) is 0 Å². The molecular weight excluding hydrogens is 652 g/mol. The third-order valence-electron chi connectivity index (χ3n) is 10.2. The Morgan fingerprint density at radius 1 is 1.06 bits per heavy atom. The van der Waals surface area contributed by atoms with Crippen molar-refractivity contribution in [1.29, 1.82) is 5.26 Å². The average molecular weight is 693 g/mol. The first kappa shape index (κ1) is 33.6. The van der Waals surface area contributed by atoms with Crippen LogP contribution in [-0.4, -0.2) is 96.2 Å². The van der Waals surface area contributed by atoms with Gasteiger partial charge in [0.25, 0.3) is 5.91 Å². The van der Waals surface area contributed by atoms with Crippen molar-refractivity contribution in [3.8, 4) is 18.0 Å². The molecule has 4 aromatic rings. The Bertz CT molecular complexity index is 1940. The predicted molar refractivity (Wildman–Crippen MR) is 195 cm³/mol. The average Bonchev–Trinajstić information content (AvgIpc) is 3.57. The summed E-state index contributed by atoms with van der Waals surface area (Å²) in [5.74, 6) is 1.06. The van der Waals surface area contributed by atoms with E-state index in [2.05, 4.69) is 63.6 Å². The third-order valence-corrected chi connectivity index (χ3v) is 10.5. The van der Waals surface area contributed by atoms with Crippen LogP contribution in [0.25, 0.3) is 16.3 Å². The van der Waals surface area contributed by atoms with E-state index in [1.165, 1.54) is 0 Å². The van der Waals surface area contributed by atoms with Crippen molar-refractivity contribution in [2.24, 2.45) is 0 Å². The van der Waals surface area contributed by atoms with Crippen LogP contribution in [0.15, 0.2) is 61.3 Å². The van der Waals surface area contributed by atoms with E-state index in [4.69, 9.17) is 31.0 Å². The first-order valence-corrected chi connectivity index (χ1v) is 17.5. The lowest BCUT2D eigenvalue weighted by Crippen LogP contribution is -2.56. The Morgan fingerprint density at radius 3 is 2.64 bits per heavy atom. The van der Waals surface area contributed by atoms with Crippen molar-refractivity contribution < 1.29 is 14.3 Å². The predicted octanol–water partition coefficient (Wildman–Crippen LogP) is 5.37. The van der Waals surface area contributed by atoms with E-state index in [-0.39, 0.29) is 18.4 Å². The van der Waals surface area contributed by atoms with E-state index in [0.717, 1.165) is 70.9 Å². The number of ether oxygens (including phenoxy) is 2. The fourth-order valence-electron chi connectivity index (χ4n) is 7.39. The van der Waals surface area contributed by atoms with Gasteiger partial charge in [-0.05, 0) is 56.4 Å². The molecule has 11 nitrogen and oxygen atoms in total. The van der Waals surface area contributed by atoms with E-state index in [1.54, 1.807) is 30.3 Å². The van der Waals surface area contributed by atoms with Crippen LogP contribution in [0.1, 0.15) is 36.1 Å². The molecule has 5 heterocycles. The second-order valence-corrected chi connectivity index (χ2v) is 13.6. The number of halogens is 1. The molecular formula is C38H41ClN8O3. The first-order valence-electron chi connectivity index (χ1n) is 17.1. The van der Waals surface area contributed by atoms with Crippen molar-refractivity contribution in [3.63, 3.8) is 0 Å². The molecule has 2 aromatic carbocycles. The number of pyridine rings is 1. The van der Waals surface area contributed by atoms with Gasteiger partial charge in [0.2, 0.25) is 5.88 Å². The maximum Gasteiger partial charge on any atom is 0.318 e. The lowest BCUT2D eigenvalue weighted by molar-refractivity contribution is -0.127. The van der Waals surface area contributed by atoms with Gasteiger partial charge in [-0.2, -0.15) is 15.2 Å². The van der Waals surface area contributed by atoms with Gasteiger partial charge in [-0.1, -0.05) is 42.4 Å². The SMILES string of the molecule is C=C(C(=O)N1CCN(c2nc(OC[C@@H]3CCCN3C)nc3c2CCN(c2cccc4cccc(Cl)c24)C3)C[C@@H]1CC#N)c1ccc(OC)nc1. The number of hydrogen-bond acceptors (Lipinski definition) is 10. The highest BCUT2D eigenvalue weighted by atomic mass is 35.5. The second-order valence-electron chi connectivity index (χ2n) is 13.2. The van der Waals surface area contributed by atoms with E-state index >= 15 is 0 Å². The first-order chi connectivity index (χ1) is 24.3. The zero-order chi connectivity index (χ0) is 34.8. The number of rotatable bonds is 9. The molecule has 2 saturated heterocycles. The number of anilines is 2. The molecule has 0 bridgehead atoms. The molecule has 2 aromatic heterocycles. The Morgan fingerprint density at radius 2 is 1.90 bits per heavy atom. The van der Waals surface area contributed by atoms with E-state index in [9.17, 15) is 10.1 Å². The number of carbonyl (C=O) groups excluding carboxylic acids is 1. The zero-order valence-electron chi connectivity index (χ0n) is 28.5. The Hall–Kier alpha value is -4.92. The molecule has 0 radical (unpaired) electrons. The van der Waals surface area contributed by atoms with Gasteiger partial charge < -0.3 is 29.1 Å². The summed E-state index contributed by atoms with van der Waals surface area (Å²) in [6.45, 7) is 8.39. The van der Waals surface area contributed by atoms with Gasteiger partial charge in [0.05, 0.1) is 42.9 Å². The second kappa shape index (κ2) is 14.5. The Labute approximate surface area is 297 Å². The maximum atomic E-state index is 13.8. The van der Waals surface area contributed by atoms with Crippen molar-refractivity contribution in [2.75, 3.05) is 63.3 Å². The number of amides is 1. The number of nitrogens with zero attached hydrogens (tertiary/aromatic N) is 8. The topological polar surface area (TPSA) is 111 Å².